The molecular formula is C16H26IN3O. The minimum absolute atomic E-state index is 0. The van der Waals surface area contributed by atoms with Crippen molar-refractivity contribution < 1.29 is 4.74 Å². The Morgan fingerprint density at radius 3 is 2.81 bits per heavy atom. The summed E-state index contributed by atoms with van der Waals surface area (Å²) in [6, 6.07) is 9.82. The van der Waals surface area contributed by atoms with Crippen molar-refractivity contribution in [3.8, 4) is 5.75 Å². The lowest BCUT2D eigenvalue weighted by Crippen LogP contribution is -2.43. The summed E-state index contributed by atoms with van der Waals surface area (Å²) >= 11 is 0. The molecular weight excluding hydrogens is 377 g/mol. The van der Waals surface area contributed by atoms with Gasteiger partial charge in [-0.05, 0) is 37.8 Å². The van der Waals surface area contributed by atoms with Gasteiger partial charge >= 0.3 is 0 Å². The third-order valence-electron chi connectivity index (χ3n) is 3.57. The predicted octanol–water partition coefficient (Wildman–Crippen LogP) is 3.12. The number of aliphatic imine (C=N–C) groups is 1. The number of nitrogens with zero attached hydrogens (tertiary/aromatic N) is 2. The molecule has 0 amide bonds. The van der Waals surface area contributed by atoms with E-state index in [1.807, 2.05) is 37.3 Å². The Labute approximate surface area is 144 Å². The fourth-order valence-corrected chi connectivity index (χ4v) is 2.49. The van der Waals surface area contributed by atoms with E-state index < -0.39 is 0 Å². The average molecular weight is 403 g/mol. The van der Waals surface area contributed by atoms with Gasteiger partial charge in [0, 0.05) is 13.1 Å². The molecule has 0 saturated carbocycles. The van der Waals surface area contributed by atoms with Crippen molar-refractivity contribution in [1.82, 2.24) is 4.90 Å². The summed E-state index contributed by atoms with van der Waals surface area (Å²) < 4.78 is 5.79. The molecule has 1 aromatic rings. The second-order valence-electron chi connectivity index (χ2n) is 5.63. The molecule has 0 aliphatic carbocycles. The third-order valence-corrected chi connectivity index (χ3v) is 3.57. The zero-order valence-electron chi connectivity index (χ0n) is 12.9. The maximum absolute atomic E-state index is 6.07. The lowest BCUT2D eigenvalue weighted by Gasteiger charge is -2.31. The first-order chi connectivity index (χ1) is 9.65. The van der Waals surface area contributed by atoms with Crippen molar-refractivity contribution in [1.29, 1.82) is 0 Å². The molecule has 4 nitrogen and oxygen atoms in total. The van der Waals surface area contributed by atoms with Crippen LogP contribution in [-0.2, 0) is 0 Å². The quantitative estimate of drug-likeness (QED) is 0.478. The molecule has 21 heavy (non-hydrogen) atoms. The van der Waals surface area contributed by atoms with E-state index in [-0.39, 0.29) is 30.1 Å². The number of rotatable bonds is 4. The third kappa shape index (κ3) is 6.11. The molecule has 1 aromatic carbocycles. The first-order valence-corrected chi connectivity index (χ1v) is 7.41. The summed E-state index contributed by atoms with van der Waals surface area (Å²) in [5.74, 6) is 2.23. The van der Waals surface area contributed by atoms with Crippen LogP contribution in [0.1, 0.15) is 26.7 Å². The van der Waals surface area contributed by atoms with Crippen LogP contribution in [0.5, 0.6) is 5.75 Å². The van der Waals surface area contributed by atoms with Gasteiger partial charge in [-0.25, -0.2) is 4.99 Å². The van der Waals surface area contributed by atoms with Crippen LogP contribution in [-0.4, -0.2) is 36.6 Å². The molecule has 0 spiro atoms. The van der Waals surface area contributed by atoms with Gasteiger partial charge < -0.3 is 15.4 Å². The number of ether oxygens (including phenoxy) is 1. The van der Waals surface area contributed by atoms with E-state index in [0.717, 1.165) is 18.8 Å². The van der Waals surface area contributed by atoms with Crippen molar-refractivity contribution in [2.24, 2.45) is 16.6 Å². The van der Waals surface area contributed by atoms with E-state index in [4.69, 9.17) is 10.5 Å². The first kappa shape index (κ1) is 18.1. The number of para-hydroxylation sites is 1. The Kier molecular flexibility index (Phi) is 7.85. The molecule has 1 heterocycles. The van der Waals surface area contributed by atoms with Gasteiger partial charge in [-0.2, -0.15) is 0 Å². The second-order valence-corrected chi connectivity index (χ2v) is 5.63. The van der Waals surface area contributed by atoms with E-state index in [0.29, 0.717) is 18.4 Å². The number of hydrogen-bond acceptors (Lipinski definition) is 2. The largest absolute Gasteiger partial charge is 0.489 e. The SMILES string of the molecule is CC1CCCN(C(N)=NCC(C)Oc2ccccc2)C1.I. The zero-order chi connectivity index (χ0) is 14.4. The molecule has 5 heteroatoms. The van der Waals surface area contributed by atoms with Crippen molar-refractivity contribution in [3.63, 3.8) is 0 Å². The molecule has 2 rings (SSSR count). The molecule has 1 aliphatic rings. The molecule has 2 atom stereocenters. The van der Waals surface area contributed by atoms with Gasteiger partial charge in [-0.3, -0.25) is 0 Å². The standard InChI is InChI=1S/C16H25N3O.HI/c1-13-7-6-10-19(12-13)16(17)18-11-14(2)20-15-8-4-3-5-9-15;/h3-5,8-9,13-14H,6-7,10-12H2,1-2H3,(H2,17,18);1H. The highest BCUT2D eigenvalue weighted by molar-refractivity contribution is 14.0. The Hall–Kier alpha value is -0.980. The molecule has 0 bridgehead atoms. The van der Waals surface area contributed by atoms with Gasteiger partial charge in [-0.15, -0.1) is 24.0 Å². The van der Waals surface area contributed by atoms with Crippen LogP contribution in [0.15, 0.2) is 35.3 Å². The number of likely N-dealkylation sites (tertiary alicyclic amines) is 1. The van der Waals surface area contributed by atoms with Crippen molar-refractivity contribution >= 4 is 29.9 Å². The number of guanidine groups is 1. The Morgan fingerprint density at radius 2 is 2.14 bits per heavy atom. The van der Waals surface area contributed by atoms with E-state index >= 15 is 0 Å². The average Bonchev–Trinajstić information content (AvgIpc) is 2.46. The Balaban J connectivity index is 0.00000220. The van der Waals surface area contributed by atoms with Crippen LogP contribution in [0, 0.1) is 5.92 Å². The minimum Gasteiger partial charge on any atom is -0.489 e. The monoisotopic (exact) mass is 403 g/mol. The normalized spacial score (nSPS) is 20.6. The van der Waals surface area contributed by atoms with Crippen LogP contribution in [0.2, 0.25) is 0 Å². The molecule has 1 saturated heterocycles. The van der Waals surface area contributed by atoms with Gasteiger partial charge in [0.05, 0.1) is 6.54 Å². The lowest BCUT2D eigenvalue weighted by molar-refractivity contribution is 0.228. The van der Waals surface area contributed by atoms with Crippen molar-refractivity contribution in [3.05, 3.63) is 30.3 Å². The molecule has 0 aromatic heterocycles. The summed E-state index contributed by atoms with van der Waals surface area (Å²) in [5, 5.41) is 0. The number of benzene rings is 1. The molecule has 1 fully saturated rings. The summed E-state index contributed by atoms with van der Waals surface area (Å²) in [4.78, 5) is 6.66. The highest BCUT2D eigenvalue weighted by Gasteiger charge is 2.17. The van der Waals surface area contributed by atoms with Crippen LogP contribution in [0.3, 0.4) is 0 Å². The Morgan fingerprint density at radius 1 is 1.43 bits per heavy atom. The lowest BCUT2D eigenvalue weighted by atomic mass is 10.0. The molecule has 2 unspecified atom stereocenters. The Bertz CT molecular complexity index is 438. The van der Waals surface area contributed by atoms with E-state index in [2.05, 4.69) is 16.8 Å². The van der Waals surface area contributed by atoms with Crippen LogP contribution >= 0.6 is 24.0 Å². The van der Waals surface area contributed by atoms with Crippen molar-refractivity contribution in [2.75, 3.05) is 19.6 Å². The number of nitrogens with two attached hydrogens (primary N) is 1. The van der Waals surface area contributed by atoms with E-state index in [9.17, 15) is 0 Å². The van der Waals surface area contributed by atoms with Crippen LogP contribution in [0.25, 0.3) is 0 Å². The fourth-order valence-electron chi connectivity index (χ4n) is 2.49. The van der Waals surface area contributed by atoms with Crippen molar-refractivity contribution in [2.45, 2.75) is 32.8 Å². The summed E-state index contributed by atoms with van der Waals surface area (Å²) in [6.45, 7) is 6.91. The first-order valence-electron chi connectivity index (χ1n) is 7.41. The zero-order valence-corrected chi connectivity index (χ0v) is 15.2. The summed E-state index contributed by atoms with van der Waals surface area (Å²) in [7, 11) is 0. The predicted molar refractivity (Wildman–Crippen MR) is 98.4 cm³/mol. The molecule has 2 N–H and O–H groups in total. The maximum Gasteiger partial charge on any atom is 0.191 e. The summed E-state index contributed by atoms with van der Waals surface area (Å²) in [6.07, 6.45) is 2.52. The van der Waals surface area contributed by atoms with E-state index in [1.54, 1.807) is 0 Å². The molecule has 118 valence electrons. The van der Waals surface area contributed by atoms with Crippen LogP contribution in [0.4, 0.5) is 0 Å². The van der Waals surface area contributed by atoms with Gasteiger partial charge in [0.1, 0.15) is 11.9 Å². The van der Waals surface area contributed by atoms with Crippen LogP contribution < -0.4 is 10.5 Å². The van der Waals surface area contributed by atoms with Gasteiger partial charge in [-0.1, -0.05) is 25.1 Å². The summed E-state index contributed by atoms with van der Waals surface area (Å²) in [5.41, 5.74) is 6.07. The topological polar surface area (TPSA) is 50.8 Å². The van der Waals surface area contributed by atoms with Gasteiger partial charge in [0.15, 0.2) is 5.96 Å². The van der Waals surface area contributed by atoms with Gasteiger partial charge in [0.2, 0.25) is 0 Å². The molecule has 1 aliphatic heterocycles. The maximum atomic E-state index is 6.07. The van der Waals surface area contributed by atoms with Gasteiger partial charge in [0.25, 0.3) is 0 Å². The number of halogens is 1. The molecule has 0 radical (unpaired) electrons. The highest BCUT2D eigenvalue weighted by atomic mass is 127. The minimum atomic E-state index is 0. The highest BCUT2D eigenvalue weighted by Crippen LogP contribution is 2.15. The fraction of sp³-hybridized carbons (Fsp3) is 0.562. The smallest absolute Gasteiger partial charge is 0.191 e. The van der Waals surface area contributed by atoms with E-state index in [1.165, 1.54) is 12.8 Å². The number of hydrogen-bond donors (Lipinski definition) is 1. The number of piperidine rings is 1. The second kappa shape index (κ2) is 9.12.